The van der Waals surface area contributed by atoms with Crippen molar-refractivity contribution in [3.05, 3.63) is 51.8 Å². The van der Waals surface area contributed by atoms with Crippen molar-refractivity contribution in [1.82, 2.24) is 39.3 Å². The molecule has 0 radical (unpaired) electrons. The number of nitrogens with two attached hydrogens (primary N) is 1. The monoisotopic (exact) mass is 557 g/mol. The average molecular weight is 558 g/mol. The Bertz CT molecular complexity index is 1500. The van der Waals surface area contributed by atoms with Crippen molar-refractivity contribution in [3.63, 3.8) is 0 Å². The number of alkyl halides is 6. The molecule has 0 spiro atoms. The van der Waals surface area contributed by atoms with Crippen LogP contribution in [0.5, 0.6) is 0 Å². The lowest BCUT2D eigenvalue weighted by Gasteiger charge is -2.10. The number of fused-ring (bicyclic) bond motifs is 1. The van der Waals surface area contributed by atoms with Crippen LogP contribution in [0.3, 0.4) is 0 Å². The molecule has 0 unspecified atom stereocenters. The number of rotatable bonds is 10. The zero-order chi connectivity index (χ0) is 28.4. The van der Waals surface area contributed by atoms with E-state index in [1.165, 1.54) is 21.6 Å². The number of anilines is 1. The number of halogens is 6. The molecule has 0 aliphatic carbocycles. The quantitative estimate of drug-likeness (QED) is 0.223. The topological polar surface area (TPSA) is 122 Å². The molecule has 4 aromatic heterocycles. The Morgan fingerprint density at radius 2 is 1.62 bits per heavy atom. The normalized spacial score (nSPS) is 12.5. The van der Waals surface area contributed by atoms with E-state index < -0.39 is 35.2 Å². The van der Waals surface area contributed by atoms with E-state index in [1.54, 1.807) is 0 Å². The Balaban J connectivity index is 1.63. The minimum atomic E-state index is -4.84. The van der Waals surface area contributed by atoms with Gasteiger partial charge in [0.2, 0.25) is 5.95 Å². The second-order valence-corrected chi connectivity index (χ2v) is 8.96. The maximum Gasteiger partial charge on any atom is 0.433 e. The lowest BCUT2D eigenvalue weighted by molar-refractivity contribution is -0.141. The smallest absolute Gasteiger partial charge is 0.369 e. The van der Waals surface area contributed by atoms with Crippen LogP contribution in [0.4, 0.5) is 32.3 Å². The minimum absolute atomic E-state index is 0.0258. The largest absolute Gasteiger partial charge is 0.433 e. The fourth-order valence-electron chi connectivity index (χ4n) is 4.02. The highest BCUT2D eigenvalue weighted by Crippen LogP contribution is 2.31. The summed E-state index contributed by atoms with van der Waals surface area (Å²) in [6.07, 6.45) is -2.31. The van der Waals surface area contributed by atoms with Crippen LogP contribution in [-0.4, -0.2) is 39.3 Å². The van der Waals surface area contributed by atoms with Gasteiger partial charge in [-0.05, 0) is 18.6 Å². The number of hydrogen-bond acceptors (Lipinski definition) is 7. The van der Waals surface area contributed by atoms with Crippen molar-refractivity contribution in [2.24, 2.45) is 0 Å². The molecule has 39 heavy (non-hydrogen) atoms. The Hall–Kier alpha value is -3.98. The second kappa shape index (κ2) is 11.0. The Kier molecular flexibility index (Phi) is 7.92. The zero-order valence-corrected chi connectivity index (χ0v) is 20.8. The highest BCUT2D eigenvalue weighted by Gasteiger charge is 2.34. The third kappa shape index (κ3) is 6.37. The first-order valence-corrected chi connectivity index (χ1v) is 12.2. The standard InChI is InChI=1S/C23H25F6N9O/c1-2-3-4-5-6-7-10-37-19-15(8-9-16(31-19)22(24,25)26)20(34-37)38-13-14(33-35-38)12-36-18(39)11-17(23(27,28)29)32-21(36)30/h8-9,11,13H,2-7,10,12H2,1H3,(H2,30,32). The molecule has 0 fully saturated rings. The predicted molar refractivity (Wildman–Crippen MR) is 128 cm³/mol. The van der Waals surface area contributed by atoms with Gasteiger partial charge in [0.05, 0.1) is 18.1 Å². The lowest BCUT2D eigenvalue weighted by Crippen LogP contribution is -2.27. The van der Waals surface area contributed by atoms with Crippen LogP contribution in [0.25, 0.3) is 16.9 Å². The van der Waals surface area contributed by atoms with Crippen molar-refractivity contribution < 1.29 is 26.3 Å². The van der Waals surface area contributed by atoms with Crippen LogP contribution in [0.1, 0.15) is 62.5 Å². The van der Waals surface area contributed by atoms with Crippen LogP contribution >= 0.6 is 0 Å². The number of aryl methyl sites for hydroxylation is 1. The molecule has 210 valence electrons. The van der Waals surface area contributed by atoms with E-state index in [2.05, 4.69) is 32.3 Å². The predicted octanol–water partition coefficient (Wildman–Crippen LogP) is 4.60. The summed E-state index contributed by atoms with van der Waals surface area (Å²) in [5.74, 6) is -0.510. The summed E-state index contributed by atoms with van der Waals surface area (Å²) < 4.78 is 82.1. The average Bonchev–Trinajstić information content (AvgIpc) is 3.46. The third-order valence-corrected chi connectivity index (χ3v) is 6.00. The number of unbranched alkanes of at least 4 members (excludes halogenated alkanes) is 5. The first-order valence-electron chi connectivity index (χ1n) is 12.2. The number of hydrogen-bond donors (Lipinski definition) is 1. The zero-order valence-electron chi connectivity index (χ0n) is 20.8. The van der Waals surface area contributed by atoms with Gasteiger partial charge in [0, 0.05) is 12.6 Å². The van der Waals surface area contributed by atoms with Crippen LogP contribution < -0.4 is 11.3 Å². The first-order chi connectivity index (χ1) is 18.4. The molecule has 0 aromatic carbocycles. The first kappa shape index (κ1) is 28.0. The van der Waals surface area contributed by atoms with Crippen molar-refractivity contribution in [3.8, 4) is 5.82 Å². The Morgan fingerprint density at radius 1 is 0.923 bits per heavy atom. The molecule has 4 heterocycles. The summed E-state index contributed by atoms with van der Waals surface area (Å²) >= 11 is 0. The summed E-state index contributed by atoms with van der Waals surface area (Å²) in [5.41, 5.74) is 2.21. The SMILES string of the molecule is CCCCCCCCn1nc(-n2cc(Cn3c(N)nc(C(F)(F)F)cc3=O)nn2)c2ccc(C(F)(F)F)nc21. The lowest BCUT2D eigenvalue weighted by atomic mass is 10.1. The molecule has 0 saturated carbocycles. The van der Waals surface area contributed by atoms with Gasteiger partial charge in [0.15, 0.2) is 17.2 Å². The maximum absolute atomic E-state index is 13.3. The van der Waals surface area contributed by atoms with Gasteiger partial charge in [0.25, 0.3) is 5.56 Å². The molecule has 0 atom stereocenters. The third-order valence-electron chi connectivity index (χ3n) is 6.00. The molecule has 0 amide bonds. The molecule has 2 N–H and O–H groups in total. The Morgan fingerprint density at radius 3 is 2.28 bits per heavy atom. The van der Waals surface area contributed by atoms with Gasteiger partial charge in [-0.25, -0.2) is 14.6 Å². The molecule has 4 rings (SSSR count). The van der Waals surface area contributed by atoms with E-state index in [0.717, 1.165) is 42.7 Å². The van der Waals surface area contributed by atoms with Crippen LogP contribution in [0.15, 0.2) is 29.2 Å². The van der Waals surface area contributed by atoms with Gasteiger partial charge in [-0.2, -0.15) is 36.1 Å². The van der Waals surface area contributed by atoms with Gasteiger partial charge >= 0.3 is 12.4 Å². The summed E-state index contributed by atoms with van der Waals surface area (Å²) in [7, 11) is 0. The molecule has 0 aliphatic heterocycles. The van der Waals surface area contributed by atoms with Crippen molar-refractivity contribution in [1.29, 1.82) is 0 Å². The van der Waals surface area contributed by atoms with E-state index in [0.29, 0.717) is 24.4 Å². The molecule has 4 aromatic rings. The van der Waals surface area contributed by atoms with E-state index in [-0.39, 0.29) is 23.7 Å². The van der Waals surface area contributed by atoms with Crippen molar-refractivity contribution >= 4 is 17.0 Å². The molecule has 0 saturated heterocycles. The van der Waals surface area contributed by atoms with Crippen molar-refractivity contribution in [2.75, 3.05) is 5.73 Å². The van der Waals surface area contributed by atoms with E-state index >= 15 is 0 Å². The highest BCUT2D eigenvalue weighted by molar-refractivity contribution is 5.83. The van der Waals surface area contributed by atoms with Gasteiger partial charge in [-0.1, -0.05) is 44.2 Å². The fourth-order valence-corrected chi connectivity index (χ4v) is 4.02. The van der Waals surface area contributed by atoms with E-state index in [4.69, 9.17) is 5.73 Å². The van der Waals surface area contributed by atoms with E-state index in [1.807, 2.05) is 0 Å². The second-order valence-electron chi connectivity index (χ2n) is 8.96. The molecular weight excluding hydrogens is 532 g/mol. The van der Waals surface area contributed by atoms with Gasteiger partial charge < -0.3 is 5.73 Å². The van der Waals surface area contributed by atoms with Gasteiger partial charge in [-0.3, -0.25) is 9.36 Å². The molecular formula is C23H25F6N9O. The van der Waals surface area contributed by atoms with Gasteiger partial charge in [-0.15, -0.1) is 5.10 Å². The maximum atomic E-state index is 13.3. The Labute approximate surface area is 217 Å². The molecule has 0 aliphatic rings. The number of nitrogens with zero attached hydrogens (tertiary/aromatic N) is 8. The summed E-state index contributed by atoms with van der Waals surface area (Å²) in [5, 5.41) is 12.6. The van der Waals surface area contributed by atoms with Crippen molar-refractivity contribution in [2.45, 2.75) is 70.9 Å². The molecule has 16 heteroatoms. The minimum Gasteiger partial charge on any atom is -0.369 e. The van der Waals surface area contributed by atoms with Crippen LogP contribution in [0, 0.1) is 0 Å². The summed E-state index contributed by atoms with van der Waals surface area (Å²) in [6, 6.07) is 2.41. The fraction of sp³-hybridized carbons (Fsp3) is 0.478. The van der Waals surface area contributed by atoms with Crippen LogP contribution in [0.2, 0.25) is 0 Å². The number of aromatic nitrogens is 8. The number of nitrogen functional groups attached to an aromatic ring is 1. The summed E-state index contributed by atoms with van der Waals surface area (Å²) in [6.45, 7) is 2.09. The summed E-state index contributed by atoms with van der Waals surface area (Å²) in [4.78, 5) is 19.3. The van der Waals surface area contributed by atoms with Crippen LogP contribution in [-0.2, 0) is 25.4 Å². The van der Waals surface area contributed by atoms with Gasteiger partial charge in [0.1, 0.15) is 11.4 Å². The number of pyridine rings is 1. The highest BCUT2D eigenvalue weighted by atomic mass is 19.4. The van der Waals surface area contributed by atoms with E-state index in [9.17, 15) is 31.1 Å². The molecule has 0 bridgehead atoms. The molecule has 10 nitrogen and oxygen atoms in total.